The van der Waals surface area contributed by atoms with Crippen LogP contribution in [0.4, 0.5) is 0 Å². The van der Waals surface area contributed by atoms with Gasteiger partial charge in [-0.2, -0.15) is 0 Å². The maximum absolute atomic E-state index is 11.0. The quantitative estimate of drug-likeness (QED) is 0.672. The van der Waals surface area contributed by atoms with Crippen LogP contribution in [0.5, 0.6) is 0 Å². The Balaban J connectivity index is 3.21. The van der Waals surface area contributed by atoms with Crippen molar-refractivity contribution >= 4 is 28.8 Å². The molecule has 0 aliphatic carbocycles. The Labute approximate surface area is 73.2 Å². The Morgan fingerprint density at radius 3 is 2.73 bits per heavy atom. The van der Waals surface area contributed by atoms with Gasteiger partial charge >= 0.3 is 0 Å². The van der Waals surface area contributed by atoms with Crippen molar-refractivity contribution in [3.63, 3.8) is 0 Å². The highest BCUT2D eigenvalue weighted by Crippen LogP contribution is 2.08. The van der Waals surface area contributed by atoms with Crippen LogP contribution in [0, 0.1) is 6.92 Å². The number of hydrogen-bond donors (Lipinski definition) is 1. The van der Waals surface area contributed by atoms with Crippen molar-refractivity contribution in [1.29, 1.82) is 0 Å². The minimum Gasteiger partial charge on any atom is -0.486 e. The van der Waals surface area contributed by atoms with Crippen LogP contribution in [0.1, 0.15) is 10.4 Å². The molecular weight excluding hydrogens is 182 g/mol. The number of ether oxygens (including phenoxy) is 1. The lowest BCUT2D eigenvalue weighted by Gasteiger charge is -1.96. The van der Waals surface area contributed by atoms with Crippen LogP contribution < -0.4 is 5.56 Å². The number of H-pyrrole nitrogens is 1. The molecule has 1 rings (SSSR count). The number of thiocarbonyl (C=S) groups is 1. The van der Waals surface area contributed by atoms with Crippen molar-refractivity contribution in [2.75, 3.05) is 7.11 Å². The Morgan fingerprint density at radius 1 is 1.73 bits per heavy atom. The number of aryl methyl sites for hydroxylation is 1. The van der Waals surface area contributed by atoms with Crippen molar-refractivity contribution in [3.05, 3.63) is 20.8 Å². The van der Waals surface area contributed by atoms with Crippen molar-refractivity contribution < 1.29 is 4.74 Å². The number of nitrogens with one attached hydrogen (secondary N) is 1. The highest BCUT2D eigenvalue weighted by molar-refractivity contribution is 7.80. The van der Waals surface area contributed by atoms with E-state index in [0.717, 1.165) is 4.88 Å². The largest absolute Gasteiger partial charge is 0.486 e. The zero-order valence-corrected chi connectivity index (χ0v) is 7.77. The molecule has 1 heterocycles. The predicted molar refractivity (Wildman–Crippen MR) is 48.4 cm³/mol. The Morgan fingerprint density at radius 2 is 2.36 bits per heavy atom. The van der Waals surface area contributed by atoms with Gasteiger partial charge in [0.15, 0.2) is 5.05 Å². The van der Waals surface area contributed by atoms with Gasteiger partial charge in [-0.15, -0.1) is 0 Å². The summed E-state index contributed by atoms with van der Waals surface area (Å²) in [6.45, 7) is 1.82. The molecule has 0 radical (unpaired) electrons. The van der Waals surface area contributed by atoms with Gasteiger partial charge in [0.25, 0.3) is 5.56 Å². The smallest absolute Gasteiger partial charge is 0.270 e. The Bertz CT molecular complexity index is 326. The summed E-state index contributed by atoms with van der Waals surface area (Å²) in [7, 11) is 1.46. The first kappa shape index (κ1) is 8.42. The molecule has 0 atom stereocenters. The lowest BCUT2D eigenvalue weighted by molar-refractivity contribution is 0.415. The molecule has 0 aromatic carbocycles. The summed E-state index contributed by atoms with van der Waals surface area (Å²) in [5.74, 6) is 0. The lowest BCUT2D eigenvalue weighted by Crippen LogP contribution is -2.13. The van der Waals surface area contributed by atoms with E-state index in [1.165, 1.54) is 18.6 Å². The van der Waals surface area contributed by atoms with E-state index in [1.54, 1.807) is 0 Å². The van der Waals surface area contributed by atoms with Crippen molar-refractivity contribution in [2.24, 2.45) is 0 Å². The van der Waals surface area contributed by atoms with Gasteiger partial charge in [-0.05, 0) is 19.1 Å². The summed E-state index contributed by atoms with van der Waals surface area (Å²) in [4.78, 5) is 11.9. The fourth-order valence-corrected chi connectivity index (χ4v) is 1.67. The van der Waals surface area contributed by atoms with Gasteiger partial charge in [-0.25, -0.2) is 0 Å². The maximum Gasteiger partial charge on any atom is 0.270 e. The van der Waals surface area contributed by atoms with Gasteiger partial charge < -0.3 is 4.74 Å². The van der Waals surface area contributed by atoms with E-state index >= 15 is 0 Å². The van der Waals surface area contributed by atoms with E-state index in [0.29, 0.717) is 5.56 Å². The van der Waals surface area contributed by atoms with Gasteiger partial charge in [0, 0.05) is 4.88 Å². The zero-order valence-electron chi connectivity index (χ0n) is 6.13. The third kappa shape index (κ3) is 1.49. The average molecular weight is 189 g/mol. The zero-order chi connectivity index (χ0) is 8.43. The molecule has 3 nitrogen and oxygen atoms in total. The maximum atomic E-state index is 11.0. The summed E-state index contributed by atoms with van der Waals surface area (Å²) < 4.78 is 7.35. The number of hydrogen-bond acceptors (Lipinski definition) is 4. The fraction of sp³-hybridized carbons (Fsp3) is 0.333. The van der Waals surface area contributed by atoms with Crippen LogP contribution >= 0.6 is 23.8 Å². The van der Waals surface area contributed by atoms with Crippen LogP contribution in [0.3, 0.4) is 0 Å². The van der Waals surface area contributed by atoms with Crippen LogP contribution in [-0.4, -0.2) is 16.5 Å². The van der Waals surface area contributed by atoms with Crippen LogP contribution in [0.25, 0.3) is 0 Å². The first-order chi connectivity index (χ1) is 5.16. The van der Waals surface area contributed by atoms with Crippen LogP contribution in [-0.2, 0) is 4.74 Å². The molecule has 0 amide bonds. The van der Waals surface area contributed by atoms with E-state index in [1.807, 2.05) is 6.92 Å². The van der Waals surface area contributed by atoms with Gasteiger partial charge in [0.1, 0.15) is 5.56 Å². The van der Waals surface area contributed by atoms with E-state index in [9.17, 15) is 4.79 Å². The highest BCUT2D eigenvalue weighted by atomic mass is 32.1. The second-order valence-electron chi connectivity index (χ2n) is 1.96. The van der Waals surface area contributed by atoms with E-state index in [2.05, 4.69) is 4.37 Å². The molecule has 0 aliphatic rings. The topological polar surface area (TPSA) is 42.1 Å². The number of aromatic nitrogens is 1. The minimum atomic E-state index is -0.167. The third-order valence-electron chi connectivity index (χ3n) is 1.27. The van der Waals surface area contributed by atoms with E-state index < -0.39 is 0 Å². The molecular formula is C6H7NO2S2. The first-order valence-corrected chi connectivity index (χ1v) is 4.15. The molecule has 0 fully saturated rings. The second kappa shape index (κ2) is 3.15. The van der Waals surface area contributed by atoms with Gasteiger partial charge in [-0.1, -0.05) is 11.5 Å². The molecule has 0 saturated heterocycles. The van der Waals surface area contributed by atoms with Crippen molar-refractivity contribution in [3.8, 4) is 0 Å². The van der Waals surface area contributed by atoms with Gasteiger partial charge in [0.2, 0.25) is 0 Å². The standard InChI is InChI=1S/C6H7NO2S2/c1-3-4(6(10)9-2)5(8)7-11-3/h1-2H3,(H,7,8). The van der Waals surface area contributed by atoms with E-state index in [4.69, 9.17) is 17.0 Å². The van der Waals surface area contributed by atoms with Gasteiger partial charge in [-0.3, -0.25) is 9.17 Å². The molecule has 0 unspecified atom stereocenters. The van der Waals surface area contributed by atoms with Crippen molar-refractivity contribution in [2.45, 2.75) is 6.92 Å². The highest BCUT2D eigenvalue weighted by Gasteiger charge is 2.11. The van der Waals surface area contributed by atoms with Crippen molar-refractivity contribution in [1.82, 2.24) is 4.37 Å². The molecule has 0 spiro atoms. The molecule has 1 aromatic heterocycles. The molecule has 5 heteroatoms. The number of rotatable bonds is 1. The number of aromatic amines is 1. The Hall–Kier alpha value is -0.680. The average Bonchev–Trinajstić information content (AvgIpc) is 2.30. The summed E-state index contributed by atoms with van der Waals surface area (Å²) in [6, 6.07) is 0. The SMILES string of the molecule is COC(=S)c1c(C)s[nH]c1=O. The van der Waals surface area contributed by atoms with Crippen LogP contribution in [0.15, 0.2) is 4.79 Å². The molecule has 0 aliphatic heterocycles. The summed E-state index contributed by atoms with van der Waals surface area (Å²) >= 11 is 6.08. The predicted octanol–water partition coefficient (Wildman–Crippen LogP) is 1.07. The molecule has 11 heavy (non-hydrogen) atoms. The normalized spacial score (nSPS) is 9.64. The lowest BCUT2D eigenvalue weighted by atomic mass is 10.3. The molecule has 1 N–H and O–H groups in total. The van der Waals surface area contributed by atoms with Crippen LogP contribution in [0.2, 0.25) is 0 Å². The third-order valence-corrected chi connectivity index (χ3v) is 2.43. The summed E-state index contributed by atoms with van der Waals surface area (Å²) in [5, 5.41) is 0.255. The number of methoxy groups -OCH3 is 1. The molecule has 0 bridgehead atoms. The summed E-state index contributed by atoms with van der Waals surface area (Å²) in [6.07, 6.45) is 0. The molecule has 60 valence electrons. The van der Waals surface area contributed by atoms with Gasteiger partial charge in [0.05, 0.1) is 7.11 Å². The first-order valence-electron chi connectivity index (χ1n) is 2.93. The second-order valence-corrected chi connectivity index (χ2v) is 3.35. The summed E-state index contributed by atoms with van der Waals surface area (Å²) in [5.41, 5.74) is 0.312. The monoisotopic (exact) mass is 189 g/mol. The van der Waals surface area contributed by atoms with E-state index in [-0.39, 0.29) is 10.6 Å². The molecule has 0 saturated carbocycles. The molecule has 1 aromatic rings. The fourth-order valence-electron chi connectivity index (χ4n) is 0.723. The minimum absolute atomic E-state index is 0.167. The Kier molecular flexibility index (Phi) is 2.41.